The summed E-state index contributed by atoms with van der Waals surface area (Å²) < 4.78 is 18.5. The Balaban J connectivity index is 2.47. The number of rotatable bonds is 2. The van der Waals surface area contributed by atoms with Crippen LogP contribution < -0.4 is 5.73 Å². The van der Waals surface area contributed by atoms with Crippen LogP contribution in [0.3, 0.4) is 0 Å². The van der Waals surface area contributed by atoms with Gasteiger partial charge in [0.05, 0.1) is 12.3 Å². The van der Waals surface area contributed by atoms with E-state index in [0.717, 1.165) is 28.0 Å². The number of benzene rings is 1. The molecule has 2 nitrogen and oxygen atoms in total. The molecular formula is C14H16FNO. The predicted molar refractivity (Wildman–Crippen MR) is 65.3 cm³/mol. The first-order valence-corrected chi connectivity index (χ1v) is 5.56. The highest BCUT2D eigenvalue weighted by Crippen LogP contribution is 2.27. The molecule has 17 heavy (non-hydrogen) atoms. The van der Waals surface area contributed by atoms with Crippen molar-refractivity contribution >= 4 is 0 Å². The molecule has 1 aromatic heterocycles. The molecule has 90 valence electrons. The number of hydrogen-bond donors (Lipinski definition) is 1. The molecule has 0 radical (unpaired) electrons. The maximum Gasteiger partial charge on any atom is 0.123 e. The van der Waals surface area contributed by atoms with Crippen LogP contribution in [0.2, 0.25) is 0 Å². The van der Waals surface area contributed by atoms with Gasteiger partial charge in [-0.15, -0.1) is 0 Å². The summed E-state index contributed by atoms with van der Waals surface area (Å²) >= 11 is 0. The van der Waals surface area contributed by atoms with Gasteiger partial charge in [-0.05, 0) is 55.7 Å². The van der Waals surface area contributed by atoms with Crippen LogP contribution in [0, 0.1) is 26.6 Å². The summed E-state index contributed by atoms with van der Waals surface area (Å²) in [7, 11) is 0. The molecule has 2 N–H and O–H groups in total. The van der Waals surface area contributed by atoms with Crippen molar-refractivity contribution in [2.24, 2.45) is 5.73 Å². The minimum absolute atomic E-state index is 0.223. The van der Waals surface area contributed by atoms with E-state index in [1.165, 1.54) is 12.1 Å². The highest BCUT2D eigenvalue weighted by atomic mass is 19.1. The number of furan rings is 1. The summed E-state index contributed by atoms with van der Waals surface area (Å²) in [4.78, 5) is 0. The Kier molecular flexibility index (Phi) is 3.03. The minimum Gasteiger partial charge on any atom is -0.469 e. The van der Waals surface area contributed by atoms with E-state index in [9.17, 15) is 4.39 Å². The maximum atomic E-state index is 13.2. The number of aryl methyl sites for hydroxylation is 3. The molecule has 0 amide bonds. The van der Waals surface area contributed by atoms with Crippen LogP contribution in [0.1, 0.15) is 34.1 Å². The first kappa shape index (κ1) is 11.9. The van der Waals surface area contributed by atoms with Gasteiger partial charge >= 0.3 is 0 Å². The predicted octanol–water partition coefficient (Wildman–Crippen LogP) is 3.39. The lowest BCUT2D eigenvalue weighted by molar-refractivity contribution is 0.530. The Hall–Kier alpha value is -1.61. The molecule has 1 heterocycles. The van der Waals surface area contributed by atoms with Crippen molar-refractivity contribution < 1.29 is 8.81 Å². The van der Waals surface area contributed by atoms with E-state index in [0.29, 0.717) is 0 Å². The van der Waals surface area contributed by atoms with Gasteiger partial charge in [-0.3, -0.25) is 0 Å². The highest BCUT2D eigenvalue weighted by Gasteiger charge is 2.16. The zero-order chi connectivity index (χ0) is 12.6. The lowest BCUT2D eigenvalue weighted by Gasteiger charge is -2.16. The molecule has 3 heteroatoms. The topological polar surface area (TPSA) is 39.2 Å². The van der Waals surface area contributed by atoms with Gasteiger partial charge in [-0.2, -0.15) is 0 Å². The van der Waals surface area contributed by atoms with Gasteiger partial charge in [0.25, 0.3) is 0 Å². The lowest BCUT2D eigenvalue weighted by Crippen LogP contribution is -2.14. The van der Waals surface area contributed by atoms with Crippen molar-refractivity contribution in [1.29, 1.82) is 0 Å². The third kappa shape index (κ3) is 2.24. The lowest BCUT2D eigenvalue weighted by atomic mass is 9.93. The van der Waals surface area contributed by atoms with Crippen molar-refractivity contribution in [2.75, 3.05) is 0 Å². The average molecular weight is 233 g/mol. The fourth-order valence-electron chi connectivity index (χ4n) is 2.21. The Labute approximate surface area is 100 Å². The summed E-state index contributed by atoms with van der Waals surface area (Å²) in [5.74, 6) is 0.604. The van der Waals surface area contributed by atoms with Gasteiger partial charge in [-0.25, -0.2) is 4.39 Å². The van der Waals surface area contributed by atoms with Crippen molar-refractivity contribution in [2.45, 2.75) is 26.8 Å². The molecule has 0 aliphatic rings. The van der Waals surface area contributed by atoms with Crippen LogP contribution in [0.25, 0.3) is 0 Å². The zero-order valence-corrected chi connectivity index (χ0v) is 10.3. The summed E-state index contributed by atoms with van der Waals surface area (Å²) in [5, 5.41) is 0. The SMILES string of the molecule is Cc1cc(C(N)c2c(C)cc(F)cc2C)co1. The number of halogens is 1. The molecule has 1 aromatic carbocycles. The molecule has 1 unspecified atom stereocenters. The van der Waals surface area contributed by atoms with E-state index in [4.69, 9.17) is 10.2 Å². The first-order chi connectivity index (χ1) is 7.99. The van der Waals surface area contributed by atoms with E-state index in [-0.39, 0.29) is 11.9 Å². The van der Waals surface area contributed by atoms with Gasteiger partial charge in [0.2, 0.25) is 0 Å². The smallest absolute Gasteiger partial charge is 0.123 e. The molecule has 0 fully saturated rings. The largest absolute Gasteiger partial charge is 0.469 e. The normalized spacial score (nSPS) is 12.8. The molecule has 0 spiro atoms. The van der Waals surface area contributed by atoms with E-state index in [2.05, 4.69) is 0 Å². The molecular weight excluding hydrogens is 217 g/mol. The van der Waals surface area contributed by atoms with E-state index < -0.39 is 0 Å². The fraction of sp³-hybridized carbons (Fsp3) is 0.286. The number of hydrogen-bond acceptors (Lipinski definition) is 2. The minimum atomic E-state index is -0.270. The highest BCUT2D eigenvalue weighted by molar-refractivity contribution is 5.41. The Bertz CT molecular complexity index is 522. The molecule has 0 saturated heterocycles. The second kappa shape index (κ2) is 4.34. The Morgan fingerprint density at radius 1 is 1.12 bits per heavy atom. The monoisotopic (exact) mass is 233 g/mol. The standard InChI is InChI=1S/C14H16FNO/c1-8-4-12(15)5-9(2)13(8)14(16)11-6-10(3)17-7-11/h4-7,14H,16H2,1-3H3. The van der Waals surface area contributed by atoms with Crippen LogP contribution in [-0.4, -0.2) is 0 Å². The van der Waals surface area contributed by atoms with Gasteiger partial charge < -0.3 is 10.2 Å². The third-order valence-electron chi connectivity index (χ3n) is 2.98. The Morgan fingerprint density at radius 2 is 1.71 bits per heavy atom. The molecule has 2 aromatic rings. The van der Waals surface area contributed by atoms with Gasteiger partial charge in [0.15, 0.2) is 0 Å². The molecule has 0 aliphatic carbocycles. The quantitative estimate of drug-likeness (QED) is 0.863. The fourth-order valence-corrected chi connectivity index (χ4v) is 2.21. The van der Waals surface area contributed by atoms with Crippen molar-refractivity contribution in [1.82, 2.24) is 0 Å². The third-order valence-corrected chi connectivity index (χ3v) is 2.98. The van der Waals surface area contributed by atoms with Crippen LogP contribution in [0.4, 0.5) is 4.39 Å². The second-order valence-corrected chi connectivity index (χ2v) is 4.42. The summed E-state index contributed by atoms with van der Waals surface area (Å²) in [5.41, 5.74) is 9.82. The molecule has 0 saturated carbocycles. The van der Waals surface area contributed by atoms with Gasteiger partial charge in [0, 0.05) is 5.56 Å². The van der Waals surface area contributed by atoms with Crippen LogP contribution in [-0.2, 0) is 0 Å². The van der Waals surface area contributed by atoms with Crippen LogP contribution in [0.15, 0.2) is 28.9 Å². The van der Waals surface area contributed by atoms with E-state index >= 15 is 0 Å². The molecule has 1 atom stereocenters. The van der Waals surface area contributed by atoms with Crippen molar-refractivity contribution in [3.8, 4) is 0 Å². The summed E-state index contributed by atoms with van der Waals surface area (Å²) in [6, 6.07) is 4.66. The van der Waals surface area contributed by atoms with Crippen molar-refractivity contribution in [3.05, 3.63) is 58.3 Å². The van der Waals surface area contributed by atoms with E-state index in [1.54, 1.807) is 6.26 Å². The molecule has 2 rings (SSSR count). The summed E-state index contributed by atoms with van der Waals surface area (Å²) in [6.07, 6.45) is 1.65. The van der Waals surface area contributed by atoms with Crippen LogP contribution in [0.5, 0.6) is 0 Å². The second-order valence-electron chi connectivity index (χ2n) is 4.42. The van der Waals surface area contributed by atoms with Crippen molar-refractivity contribution in [3.63, 3.8) is 0 Å². The zero-order valence-electron chi connectivity index (χ0n) is 10.3. The van der Waals surface area contributed by atoms with Gasteiger partial charge in [0.1, 0.15) is 11.6 Å². The summed E-state index contributed by atoms with van der Waals surface area (Å²) in [6.45, 7) is 5.62. The maximum absolute atomic E-state index is 13.2. The Morgan fingerprint density at radius 3 is 2.18 bits per heavy atom. The molecule has 0 aliphatic heterocycles. The van der Waals surface area contributed by atoms with E-state index in [1.807, 2.05) is 26.8 Å². The van der Waals surface area contributed by atoms with Gasteiger partial charge in [-0.1, -0.05) is 0 Å². The first-order valence-electron chi connectivity index (χ1n) is 5.56. The van der Waals surface area contributed by atoms with Crippen LogP contribution >= 0.6 is 0 Å². The molecule has 0 bridgehead atoms. The average Bonchev–Trinajstić information content (AvgIpc) is 2.63. The number of nitrogens with two attached hydrogens (primary N) is 1.